The van der Waals surface area contributed by atoms with Gasteiger partial charge in [0.05, 0.1) is 11.6 Å². The fourth-order valence-electron chi connectivity index (χ4n) is 2.76. The Morgan fingerprint density at radius 3 is 2.61 bits per heavy atom. The number of benzene rings is 2. The van der Waals surface area contributed by atoms with Crippen molar-refractivity contribution in [2.24, 2.45) is 5.73 Å². The van der Waals surface area contributed by atoms with Gasteiger partial charge in [0.1, 0.15) is 12.4 Å². The van der Waals surface area contributed by atoms with Crippen LogP contribution in [0.4, 0.5) is 0 Å². The molecule has 23 heavy (non-hydrogen) atoms. The molecule has 0 amide bonds. The minimum Gasteiger partial charge on any atom is -0.488 e. The van der Waals surface area contributed by atoms with Gasteiger partial charge in [0.25, 0.3) is 0 Å². The molecule has 0 saturated carbocycles. The first-order valence-electron chi connectivity index (χ1n) is 7.28. The van der Waals surface area contributed by atoms with E-state index in [9.17, 15) is 9.59 Å². The van der Waals surface area contributed by atoms with E-state index in [0.29, 0.717) is 36.3 Å². The number of Topliss-reactive ketones (excluding diaryl/α,β-unsaturated/α-hetero) is 1. The lowest BCUT2D eigenvalue weighted by molar-refractivity contribution is 0.0948. The third-order valence-corrected chi connectivity index (χ3v) is 3.98. The zero-order valence-electron chi connectivity index (χ0n) is 12.5. The third kappa shape index (κ3) is 3.44. The van der Waals surface area contributed by atoms with Crippen LogP contribution in [0.2, 0.25) is 0 Å². The van der Waals surface area contributed by atoms with E-state index in [1.54, 1.807) is 12.1 Å². The lowest BCUT2D eigenvalue weighted by Crippen LogP contribution is -2.35. The Morgan fingerprint density at radius 1 is 1.17 bits per heavy atom. The molecule has 3 rings (SSSR count). The van der Waals surface area contributed by atoms with Gasteiger partial charge in [-0.2, -0.15) is 0 Å². The molecular formula is C18H18ClNO3. The van der Waals surface area contributed by atoms with Crippen LogP contribution in [-0.2, 0) is 13.0 Å². The van der Waals surface area contributed by atoms with Crippen LogP contribution in [0.3, 0.4) is 0 Å². The number of ketones is 1. The van der Waals surface area contributed by atoms with Crippen molar-refractivity contribution in [1.82, 2.24) is 0 Å². The van der Waals surface area contributed by atoms with Crippen molar-refractivity contribution >= 4 is 24.5 Å². The molecule has 0 heterocycles. The van der Waals surface area contributed by atoms with E-state index in [0.717, 1.165) is 17.4 Å². The predicted molar refractivity (Wildman–Crippen MR) is 90.5 cm³/mol. The van der Waals surface area contributed by atoms with Crippen LogP contribution in [0.15, 0.2) is 42.5 Å². The Kier molecular flexibility index (Phi) is 5.53. The normalized spacial score (nSPS) is 16.2. The molecule has 0 aliphatic heterocycles. The average Bonchev–Trinajstić information content (AvgIpc) is 2.56. The van der Waals surface area contributed by atoms with Crippen LogP contribution in [0, 0.1) is 0 Å². The van der Waals surface area contributed by atoms with Gasteiger partial charge in [0, 0.05) is 5.56 Å². The molecule has 4 nitrogen and oxygen atoms in total. The molecule has 2 aromatic carbocycles. The predicted octanol–water partition coefficient (Wildman–Crippen LogP) is 2.96. The SMILES string of the molecule is Cl.NC1CCc2c(ccc(OCc3ccccc3)c2C=O)C1=O. The molecule has 2 aromatic rings. The second kappa shape index (κ2) is 7.40. The van der Waals surface area contributed by atoms with E-state index in [4.69, 9.17) is 10.5 Å². The Balaban J connectivity index is 0.00000192. The highest BCUT2D eigenvalue weighted by atomic mass is 35.5. The fraction of sp³-hybridized carbons (Fsp3) is 0.222. The number of aldehydes is 1. The second-order valence-electron chi connectivity index (χ2n) is 5.41. The number of hydrogen-bond acceptors (Lipinski definition) is 4. The van der Waals surface area contributed by atoms with E-state index < -0.39 is 6.04 Å². The quantitative estimate of drug-likeness (QED) is 0.874. The molecule has 0 aromatic heterocycles. The first-order chi connectivity index (χ1) is 10.7. The van der Waals surface area contributed by atoms with E-state index in [1.165, 1.54) is 0 Å². The molecule has 0 spiro atoms. The summed E-state index contributed by atoms with van der Waals surface area (Å²) in [6.45, 7) is 0.383. The highest BCUT2D eigenvalue weighted by molar-refractivity contribution is 6.04. The maximum absolute atomic E-state index is 12.1. The largest absolute Gasteiger partial charge is 0.488 e. The summed E-state index contributed by atoms with van der Waals surface area (Å²) in [6, 6.07) is 12.7. The van der Waals surface area contributed by atoms with Gasteiger partial charge in [-0.3, -0.25) is 9.59 Å². The molecule has 1 aliphatic carbocycles. The van der Waals surface area contributed by atoms with Crippen LogP contribution < -0.4 is 10.5 Å². The molecule has 0 radical (unpaired) electrons. The number of carbonyl (C=O) groups is 2. The summed E-state index contributed by atoms with van der Waals surface area (Å²) in [4.78, 5) is 23.6. The molecule has 0 fully saturated rings. The second-order valence-corrected chi connectivity index (χ2v) is 5.41. The number of carbonyl (C=O) groups excluding carboxylic acids is 2. The lowest BCUT2D eigenvalue weighted by atomic mass is 9.85. The molecule has 5 heteroatoms. The van der Waals surface area contributed by atoms with Crippen molar-refractivity contribution in [3.05, 3.63) is 64.7 Å². The summed E-state index contributed by atoms with van der Waals surface area (Å²) in [6.07, 6.45) is 1.96. The maximum Gasteiger partial charge on any atom is 0.179 e. The van der Waals surface area contributed by atoms with Crippen LogP contribution in [0.1, 0.15) is 38.3 Å². The molecular weight excluding hydrogens is 314 g/mol. The number of rotatable bonds is 4. The van der Waals surface area contributed by atoms with E-state index in [-0.39, 0.29) is 18.2 Å². The van der Waals surface area contributed by atoms with Crippen LogP contribution in [0.25, 0.3) is 0 Å². The molecule has 0 bridgehead atoms. The Bertz CT molecular complexity index is 716. The molecule has 2 N–H and O–H groups in total. The zero-order valence-corrected chi connectivity index (χ0v) is 13.3. The number of fused-ring (bicyclic) bond motifs is 1. The van der Waals surface area contributed by atoms with Gasteiger partial charge in [-0.1, -0.05) is 30.3 Å². The van der Waals surface area contributed by atoms with Crippen molar-refractivity contribution in [1.29, 1.82) is 0 Å². The summed E-state index contributed by atoms with van der Waals surface area (Å²) in [5.74, 6) is 0.417. The summed E-state index contributed by atoms with van der Waals surface area (Å²) >= 11 is 0. The summed E-state index contributed by atoms with van der Waals surface area (Å²) in [5.41, 5.74) is 8.58. The molecule has 120 valence electrons. The van der Waals surface area contributed by atoms with Gasteiger partial charge in [-0.05, 0) is 36.1 Å². The van der Waals surface area contributed by atoms with Crippen molar-refractivity contribution in [2.45, 2.75) is 25.5 Å². The standard InChI is InChI=1S/C18H17NO3.ClH/c19-16-8-6-13-14(18(16)21)7-9-17(15(13)10-20)22-11-12-4-2-1-3-5-12;/h1-5,7,9-10,16H,6,8,11,19H2;1H. The first kappa shape index (κ1) is 17.2. The Morgan fingerprint density at radius 2 is 1.91 bits per heavy atom. The number of hydrogen-bond donors (Lipinski definition) is 1. The van der Waals surface area contributed by atoms with Crippen molar-refractivity contribution < 1.29 is 14.3 Å². The molecule has 1 unspecified atom stereocenters. The Labute approximate surface area is 141 Å². The van der Waals surface area contributed by atoms with E-state index in [2.05, 4.69) is 0 Å². The number of halogens is 1. The van der Waals surface area contributed by atoms with Crippen molar-refractivity contribution in [2.75, 3.05) is 0 Å². The highest BCUT2D eigenvalue weighted by Gasteiger charge is 2.27. The van der Waals surface area contributed by atoms with Crippen molar-refractivity contribution in [3.63, 3.8) is 0 Å². The molecule has 1 atom stereocenters. The average molecular weight is 332 g/mol. The van der Waals surface area contributed by atoms with Crippen LogP contribution >= 0.6 is 12.4 Å². The number of ether oxygens (including phenoxy) is 1. The third-order valence-electron chi connectivity index (χ3n) is 3.98. The topological polar surface area (TPSA) is 69.4 Å². The van der Waals surface area contributed by atoms with Gasteiger partial charge in [-0.25, -0.2) is 0 Å². The van der Waals surface area contributed by atoms with Gasteiger partial charge in [0.2, 0.25) is 0 Å². The van der Waals surface area contributed by atoms with E-state index >= 15 is 0 Å². The highest BCUT2D eigenvalue weighted by Crippen LogP contribution is 2.30. The van der Waals surface area contributed by atoms with Gasteiger partial charge < -0.3 is 10.5 Å². The maximum atomic E-state index is 12.1. The fourth-order valence-corrected chi connectivity index (χ4v) is 2.76. The van der Waals surface area contributed by atoms with Gasteiger partial charge in [-0.15, -0.1) is 12.4 Å². The van der Waals surface area contributed by atoms with Gasteiger partial charge in [0.15, 0.2) is 12.1 Å². The molecule has 0 saturated heterocycles. The lowest BCUT2D eigenvalue weighted by Gasteiger charge is -2.22. The smallest absolute Gasteiger partial charge is 0.179 e. The monoisotopic (exact) mass is 331 g/mol. The van der Waals surface area contributed by atoms with Crippen LogP contribution in [0.5, 0.6) is 5.75 Å². The summed E-state index contributed by atoms with van der Waals surface area (Å²) < 4.78 is 5.77. The van der Waals surface area contributed by atoms with Crippen LogP contribution in [-0.4, -0.2) is 18.1 Å². The summed E-state index contributed by atoms with van der Waals surface area (Å²) in [5, 5.41) is 0. The van der Waals surface area contributed by atoms with Gasteiger partial charge >= 0.3 is 0 Å². The van der Waals surface area contributed by atoms with Crippen molar-refractivity contribution in [3.8, 4) is 5.75 Å². The minimum absolute atomic E-state index is 0. The zero-order chi connectivity index (χ0) is 15.5. The molecule has 1 aliphatic rings. The minimum atomic E-state index is -0.469. The Hall–Kier alpha value is -2.17. The summed E-state index contributed by atoms with van der Waals surface area (Å²) in [7, 11) is 0. The first-order valence-corrected chi connectivity index (χ1v) is 7.28. The number of nitrogens with two attached hydrogens (primary N) is 1. The van der Waals surface area contributed by atoms with E-state index in [1.807, 2.05) is 30.3 Å².